The molecule has 0 N–H and O–H groups in total. The first-order chi connectivity index (χ1) is 12.6. The molecule has 2 aliphatic heterocycles. The van der Waals surface area contributed by atoms with Crippen molar-refractivity contribution in [2.45, 2.75) is 19.4 Å². The van der Waals surface area contributed by atoms with Gasteiger partial charge >= 0.3 is 0 Å². The van der Waals surface area contributed by atoms with Crippen molar-refractivity contribution >= 4 is 17.3 Å². The van der Waals surface area contributed by atoms with E-state index in [1.165, 1.54) is 17.3 Å². The minimum absolute atomic E-state index is 0.154. The van der Waals surface area contributed by atoms with E-state index in [2.05, 4.69) is 30.0 Å². The lowest BCUT2D eigenvalue weighted by atomic mass is 10.1. The summed E-state index contributed by atoms with van der Waals surface area (Å²) in [5.74, 6) is -0.0449. The molecule has 26 heavy (non-hydrogen) atoms. The van der Waals surface area contributed by atoms with Crippen molar-refractivity contribution in [2.75, 3.05) is 42.5 Å². The Morgan fingerprint density at radius 2 is 1.65 bits per heavy atom. The summed E-state index contributed by atoms with van der Waals surface area (Å²) in [7, 11) is 0. The van der Waals surface area contributed by atoms with Gasteiger partial charge in [-0.05, 0) is 37.1 Å². The first kappa shape index (κ1) is 16.9. The summed E-state index contributed by atoms with van der Waals surface area (Å²) < 4.78 is 14.0. The third-order valence-corrected chi connectivity index (χ3v) is 5.48. The summed E-state index contributed by atoms with van der Waals surface area (Å²) in [6.45, 7) is 5.19. The van der Waals surface area contributed by atoms with E-state index in [1.807, 2.05) is 21.9 Å². The molecule has 2 aromatic rings. The Morgan fingerprint density at radius 3 is 2.38 bits per heavy atom. The number of para-hydroxylation sites is 2. The Bertz CT molecular complexity index is 801. The Morgan fingerprint density at radius 1 is 1.00 bits per heavy atom. The fourth-order valence-corrected chi connectivity index (χ4v) is 4.02. The van der Waals surface area contributed by atoms with E-state index in [9.17, 15) is 9.18 Å². The highest BCUT2D eigenvalue weighted by atomic mass is 19.1. The molecule has 1 fully saturated rings. The number of anilines is 2. The molecule has 4 rings (SSSR count). The van der Waals surface area contributed by atoms with Crippen LogP contribution in [0.5, 0.6) is 0 Å². The highest BCUT2D eigenvalue weighted by Gasteiger charge is 2.30. The van der Waals surface area contributed by atoms with Gasteiger partial charge in [0, 0.05) is 37.9 Å². The van der Waals surface area contributed by atoms with Crippen molar-refractivity contribution < 1.29 is 9.18 Å². The van der Waals surface area contributed by atoms with E-state index in [0.717, 1.165) is 6.42 Å². The van der Waals surface area contributed by atoms with Gasteiger partial charge < -0.3 is 14.7 Å². The molecule has 1 atom stereocenters. The molecular formula is C21H24FN3O. The average molecular weight is 353 g/mol. The maximum absolute atomic E-state index is 14.0. The molecule has 1 amide bonds. The van der Waals surface area contributed by atoms with Crippen molar-refractivity contribution in [1.29, 1.82) is 0 Å². The fraction of sp³-hybridized carbons (Fsp3) is 0.381. The number of benzene rings is 2. The number of amides is 1. The summed E-state index contributed by atoms with van der Waals surface area (Å²) in [5.41, 5.74) is 3.12. The summed E-state index contributed by atoms with van der Waals surface area (Å²) in [4.78, 5) is 18.9. The van der Waals surface area contributed by atoms with Gasteiger partial charge in [0.05, 0.1) is 12.2 Å². The van der Waals surface area contributed by atoms with E-state index in [-0.39, 0.29) is 11.7 Å². The number of hydrogen-bond acceptors (Lipinski definition) is 3. The topological polar surface area (TPSA) is 26.8 Å². The monoisotopic (exact) mass is 353 g/mol. The van der Waals surface area contributed by atoms with E-state index in [1.54, 1.807) is 12.1 Å². The molecule has 0 radical (unpaired) electrons. The number of carbonyl (C=O) groups excluding carboxylic acids is 1. The molecule has 0 saturated carbocycles. The zero-order chi connectivity index (χ0) is 18.1. The van der Waals surface area contributed by atoms with Crippen LogP contribution in [0, 0.1) is 5.82 Å². The molecule has 0 aromatic heterocycles. The van der Waals surface area contributed by atoms with E-state index < -0.39 is 0 Å². The maximum Gasteiger partial charge on any atom is 0.242 e. The largest absolute Gasteiger partial charge is 0.366 e. The van der Waals surface area contributed by atoms with Gasteiger partial charge in [-0.3, -0.25) is 4.79 Å². The van der Waals surface area contributed by atoms with Gasteiger partial charge in [0.25, 0.3) is 0 Å². The second-order valence-corrected chi connectivity index (χ2v) is 7.13. The zero-order valence-electron chi connectivity index (χ0n) is 15.1. The van der Waals surface area contributed by atoms with Crippen LogP contribution in [0.15, 0.2) is 48.5 Å². The number of hydrogen-bond donors (Lipinski definition) is 0. The maximum atomic E-state index is 14.0. The van der Waals surface area contributed by atoms with Crippen LogP contribution in [0.1, 0.15) is 12.5 Å². The molecule has 5 heteroatoms. The third kappa shape index (κ3) is 3.14. The smallest absolute Gasteiger partial charge is 0.242 e. The van der Waals surface area contributed by atoms with Gasteiger partial charge in [-0.25, -0.2) is 4.39 Å². The Balaban J connectivity index is 1.38. The minimum atomic E-state index is -0.199. The predicted octanol–water partition coefficient (Wildman–Crippen LogP) is 2.93. The molecular weight excluding hydrogens is 329 g/mol. The van der Waals surface area contributed by atoms with Gasteiger partial charge in [-0.15, -0.1) is 0 Å². The molecule has 2 heterocycles. The van der Waals surface area contributed by atoms with Crippen LogP contribution in [0.4, 0.5) is 15.8 Å². The lowest BCUT2D eigenvalue weighted by molar-refractivity contribution is -0.130. The van der Waals surface area contributed by atoms with Crippen molar-refractivity contribution in [2.24, 2.45) is 0 Å². The van der Waals surface area contributed by atoms with Crippen molar-refractivity contribution in [3.63, 3.8) is 0 Å². The first-order valence-electron chi connectivity index (χ1n) is 9.25. The number of carbonyl (C=O) groups is 1. The number of fused-ring (bicyclic) bond motifs is 1. The van der Waals surface area contributed by atoms with Crippen LogP contribution in [-0.4, -0.2) is 49.6 Å². The van der Waals surface area contributed by atoms with E-state index in [4.69, 9.17) is 0 Å². The van der Waals surface area contributed by atoms with Crippen molar-refractivity contribution in [3.05, 3.63) is 59.9 Å². The minimum Gasteiger partial charge on any atom is -0.366 e. The summed E-state index contributed by atoms with van der Waals surface area (Å²) in [5, 5.41) is 0. The summed E-state index contributed by atoms with van der Waals surface area (Å²) >= 11 is 0. The number of rotatable bonds is 3. The van der Waals surface area contributed by atoms with Gasteiger partial charge in [-0.2, -0.15) is 0 Å². The molecule has 4 nitrogen and oxygen atoms in total. The highest BCUT2D eigenvalue weighted by Crippen LogP contribution is 2.31. The quantitative estimate of drug-likeness (QED) is 0.849. The molecule has 0 unspecified atom stereocenters. The second-order valence-electron chi connectivity index (χ2n) is 7.13. The number of halogens is 1. The average Bonchev–Trinajstić information content (AvgIpc) is 2.98. The molecule has 2 aliphatic rings. The van der Waals surface area contributed by atoms with Gasteiger partial charge in [0.15, 0.2) is 0 Å². The predicted molar refractivity (Wildman–Crippen MR) is 102 cm³/mol. The lowest BCUT2D eigenvalue weighted by Crippen LogP contribution is -2.52. The van der Waals surface area contributed by atoms with Crippen LogP contribution in [0.3, 0.4) is 0 Å². The fourth-order valence-electron chi connectivity index (χ4n) is 4.02. The number of nitrogens with zero attached hydrogens (tertiary/aromatic N) is 3. The Labute approximate surface area is 153 Å². The van der Waals surface area contributed by atoms with E-state index >= 15 is 0 Å². The molecule has 1 saturated heterocycles. The zero-order valence-corrected chi connectivity index (χ0v) is 15.1. The standard InChI is InChI=1S/C21H24FN3O/c1-16-14-17-6-2-4-8-19(17)25(16)15-21(26)24-12-10-23(11-13-24)20-9-5-3-7-18(20)22/h2-9,16H,10-15H2,1H3/t16-/m0/s1. The molecule has 2 aromatic carbocycles. The van der Waals surface area contributed by atoms with Crippen LogP contribution >= 0.6 is 0 Å². The van der Waals surface area contributed by atoms with Crippen LogP contribution in [0.25, 0.3) is 0 Å². The molecule has 0 aliphatic carbocycles. The Hall–Kier alpha value is -2.56. The van der Waals surface area contributed by atoms with Crippen LogP contribution < -0.4 is 9.80 Å². The van der Waals surface area contributed by atoms with Crippen LogP contribution in [-0.2, 0) is 11.2 Å². The Kier molecular flexibility index (Phi) is 4.53. The molecule has 0 bridgehead atoms. The highest BCUT2D eigenvalue weighted by molar-refractivity contribution is 5.83. The molecule has 136 valence electrons. The third-order valence-electron chi connectivity index (χ3n) is 5.48. The first-order valence-corrected chi connectivity index (χ1v) is 9.25. The lowest BCUT2D eigenvalue weighted by Gasteiger charge is -2.37. The van der Waals surface area contributed by atoms with Gasteiger partial charge in [0.1, 0.15) is 5.82 Å². The van der Waals surface area contributed by atoms with Gasteiger partial charge in [-0.1, -0.05) is 30.3 Å². The SMILES string of the molecule is C[C@H]1Cc2ccccc2N1CC(=O)N1CCN(c2ccccc2F)CC1. The number of piperazine rings is 1. The van der Waals surface area contributed by atoms with Gasteiger partial charge in [0.2, 0.25) is 5.91 Å². The van der Waals surface area contributed by atoms with E-state index in [0.29, 0.717) is 44.5 Å². The van der Waals surface area contributed by atoms with Crippen molar-refractivity contribution in [3.8, 4) is 0 Å². The molecule has 0 spiro atoms. The summed E-state index contributed by atoms with van der Waals surface area (Å²) in [6.07, 6.45) is 0.991. The second kappa shape index (κ2) is 6.98. The normalized spacial score (nSPS) is 19.6. The van der Waals surface area contributed by atoms with Crippen LogP contribution in [0.2, 0.25) is 0 Å². The van der Waals surface area contributed by atoms with Crippen molar-refractivity contribution in [1.82, 2.24) is 4.90 Å². The summed E-state index contributed by atoms with van der Waals surface area (Å²) in [6, 6.07) is 15.5.